The lowest BCUT2D eigenvalue weighted by Gasteiger charge is -2.33. The van der Waals surface area contributed by atoms with Crippen molar-refractivity contribution in [2.24, 2.45) is 0 Å². The zero-order valence-electron chi connectivity index (χ0n) is 13.0. The fraction of sp³-hybridized carbons (Fsp3) is 0.571. The molecule has 1 heterocycles. The van der Waals surface area contributed by atoms with Crippen molar-refractivity contribution in [3.05, 3.63) is 28.3 Å². The summed E-state index contributed by atoms with van der Waals surface area (Å²) in [6.07, 6.45) is 1.52. The number of rotatable bonds is 6. The molecular weight excluding hydrogens is 346 g/mol. The number of hydrogen-bond acceptors (Lipinski definition) is 6. The maximum atomic E-state index is 12.6. The van der Waals surface area contributed by atoms with E-state index in [0.717, 1.165) is 18.9 Å². The molecule has 10 heteroatoms. The van der Waals surface area contributed by atoms with Gasteiger partial charge in [0.2, 0.25) is 9.84 Å². The van der Waals surface area contributed by atoms with Crippen LogP contribution in [0.1, 0.15) is 19.8 Å². The summed E-state index contributed by atoms with van der Waals surface area (Å²) in [5, 5.41) is 11.3. The molecule has 1 fully saturated rings. The fourth-order valence-electron chi connectivity index (χ4n) is 2.73. The topological polar surface area (TPSA) is 89.8 Å². The molecule has 0 aliphatic carbocycles. The van der Waals surface area contributed by atoms with E-state index in [0.29, 0.717) is 25.8 Å². The molecule has 7 nitrogen and oxygen atoms in total. The van der Waals surface area contributed by atoms with Crippen LogP contribution in [0.4, 0.5) is 20.2 Å². The second-order valence-corrected chi connectivity index (χ2v) is 7.30. The van der Waals surface area contributed by atoms with Crippen LogP contribution < -0.4 is 4.90 Å². The van der Waals surface area contributed by atoms with Gasteiger partial charge in [-0.15, -0.1) is 0 Å². The average molecular weight is 364 g/mol. The van der Waals surface area contributed by atoms with Gasteiger partial charge in [-0.3, -0.25) is 10.1 Å². The lowest BCUT2D eigenvalue weighted by atomic mass is 10.1. The fourth-order valence-corrected chi connectivity index (χ4v) is 3.46. The normalized spacial score (nSPS) is 18.8. The second kappa shape index (κ2) is 7.39. The van der Waals surface area contributed by atoms with Gasteiger partial charge in [-0.2, -0.15) is 8.78 Å². The van der Waals surface area contributed by atoms with E-state index in [-0.39, 0.29) is 11.8 Å². The number of hydrogen-bond donors (Lipinski definition) is 0. The summed E-state index contributed by atoms with van der Waals surface area (Å²) < 4.78 is 53.9. The number of benzene rings is 1. The summed E-state index contributed by atoms with van der Waals surface area (Å²) in [7, 11) is -4.88. The molecule has 0 saturated carbocycles. The number of halogens is 2. The van der Waals surface area contributed by atoms with Crippen molar-refractivity contribution >= 4 is 21.2 Å². The lowest BCUT2D eigenvalue weighted by molar-refractivity contribution is -0.384. The van der Waals surface area contributed by atoms with E-state index in [1.807, 2.05) is 6.92 Å². The highest BCUT2D eigenvalue weighted by Gasteiger charge is 2.31. The van der Waals surface area contributed by atoms with E-state index in [4.69, 9.17) is 4.74 Å². The number of piperidine rings is 1. The third-order valence-corrected chi connectivity index (χ3v) is 5.21. The summed E-state index contributed by atoms with van der Waals surface area (Å²) in [4.78, 5) is 11.5. The van der Waals surface area contributed by atoms with Crippen LogP contribution in [0.3, 0.4) is 0 Å². The highest BCUT2D eigenvalue weighted by atomic mass is 32.2. The molecule has 1 aliphatic rings. The molecule has 1 atom stereocenters. The zero-order chi connectivity index (χ0) is 17.9. The minimum absolute atomic E-state index is 0.0761. The van der Waals surface area contributed by atoms with Gasteiger partial charge in [-0.1, -0.05) is 0 Å². The number of anilines is 1. The molecule has 1 saturated heterocycles. The third-order valence-electron chi connectivity index (χ3n) is 3.83. The van der Waals surface area contributed by atoms with Crippen LogP contribution in [0.25, 0.3) is 0 Å². The molecule has 0 N–H and O–H groups in total. The SMILES string of the molecule is CCOC1CCCN(c2ccc(S(=O)(=O)C(F)F)cc2[N+](=O)[O-])C1. The quantitative estimate of drug-likeness (QED) is 0.569. The number of nitro benzene ring substituents is 1. The number of sulfone groups is 1. The Labute approximate surface area is 138 Å². The molecule has 1 aromatic carbocycles. The zero-order valence-corrected chi connectivity index (χ0v) is 13.8. The number of nitrogens with zero attached hydrogens (tertiary/aromatic N) is 2. The molecule has 0 amide bonds. The third kappa shape index (κ3) is 3.81. The van der Waals surface area contributed by atoms with E-state index in [1.54, 1.807) is 4.90 Å². The van der Waals surface area contributed by atoms with Crippen LogP contribution in [-0.2, 0) is 14.6 Å². The van der Waals surface area contributed by atoms with Crippen molar-refractivity contribution in [1.82, 2.24) is 0 Å². The van der Waals surface area contributed by atoms with E-state index in [2.05, 4.69) is 0 Å². The molecule has 0 aromatic heterocycles. The van der Waals surface area contributed by atoms with Crippen LogP contribution in [0.2, 0.25) is 0 Å². The van der Waals surface area contributed by atoms with E-state index >= 15 is 0 Å². The van der Waals surface area contributed by atoms with Crippen molar-refractivity contribution in [2.75, 3.05) is 24.6 Å². The number of alkyl halides is 2. The summed E-state index contributed by atoms with van der Waals surface area (Å²) in [5.41, 5.74) is -0.300. The molecule has 2 rings (SSSR count). The van der Waals surface area contributed by atoms with Gasteiger partial charge < -0.3 is 9.64 Å². The minimum Gasteiger partial charge on any atom is -0.377 e. The smallest absolute Gasteiger partial charge is 0.341 e. The Balaban J connectivity index is 2.39. The average Bonchev–Trinajstić information content (AvgIpc) is 2.54. The highest BCUT2D eigenvalue weighted by molar-refractivity contribution is 7.91. The number of nitro groups is 1. The Kier molecular flexibility index (Phi) is 5.70. The molecule has 134 valence electrons. The first-order valence-electron chi connectivity index (χ1n) is 7.44. The van der Waals surface area contributed by atoms with Gasteiger partial charge in [0.1, 0.15) is 5.69 Å². The second-order valence-electron chi connectivity index (χ2n) is 5.38. The van der Waals surface area contributed by atoms with Gasteiger partial charge in [-0.25, -0.2) is 8.42 Å². The molecule has 24 heavy (non-hydrogen) atoms. The Morgan fingerprint density at radius 3 is 2.75 bits per heavy atom. The summed E-state index contributed by atoms with van der Waals surface area (Å²) >= 11 is 0. The van der Waals surface area contributed by atoms with Gasteiger partial charge in [0.25, 0.3) is 5.69 Å². The largest absolute Gasteiger partial charge is 0.377 e. The maximum absolute atomic E-state index is 12.6. The summed E-state index contributed by atoms with van der Waals surface area (Å²) in [6.45, 7) is 3.35. The standard InChI is InChI=1S/C14H18F2N2O5S/c1-2-23-10-4-3-7-17(9-10)12-6-5-11(8-13(12)18(19)20)24(21,22)14(15)16/h5-6,8,10,14H,2-4,7,9H2,1H3. The van der Waals surface area contributed by atoms with Crippen molar-refractivity contribution in [2.45, 2.75) is 36.5 Å². The minimum atomic E-state index is -4.88. The Bertz CT molecular complexity index is 709. The Morgan fingerprint density at radius 2 is 2.17 bits per heavy atom. The number of ether oxygens (including phenoxy) is 1. The summed E-state index contributed by atoms with van der Waals surface area (Å²) in [5.74, 6) is -3.62. The van der Waals surface area contributed by atoms with Crippen LogP contribution in [-0.4, -0.2) is 44.9 Å². The van der Waals surface area contributed by atoms with Gasteiger partial charge in [0.15, 0.2) is 0 Å². The monoisotopic (exact) mass is 364 g/mol. The van der Waals surface area contributed by atoms with Crippen molar-refractivity contribution in [3.8, 4) is 0 Å². The molecule has 1 aromatic rings. The van der Waals surface area contributed by atoms with Gasteiger partial charge in [-0.05, 0) is 31.9 Å². The van der Waals surface area contributed by atoms with Crippen LogP contribution in [0, 0.1) is 10.1 Å². The maximum Gasteiger partial charge on any atom is 0.341 e. The molecule has 1 aliphatic heterocycles. The van der Waals surface area contributed by atoms with Crippen LogP contribution >= 0.6 is 0 Å². The van der Waals surface area contributed by atoms with Crippen molar-refractivity contribution < 1.29 is 26.9 Å². The Hall–Kier alpha value is -1.81. The molecule has 0 radical (unpaired) electrons. The first-order chi connectivity index (χ1) is 11.3. The molecular formula is C14H18F2N2O5S. The lowest BCUT2D eigenvalue weighted by Crippen LogP contribution is -2.40. The first-order valence-corrected chi connectivity index (χ1v) is 8.99. The summed E-state index contributed by atoms with van der Waals surface area (Å²) in [6, 6.07) is 2.89. The highest BCUT2D eigenvalue weighted by Crippen LogP contribution is 2.34. The van der Waals surface area contributed by atoms with Crippen LogP contribution in [0.5, 0.6) is 0 Å². The van der Waals surface area contributed by atoms with Gasteiger partial charge in [0, 0.05) is 25.8 Å². The Morgan fingerprint density at radius 1 is 1.46 bits per heavy atom. The van der Waals surface area contributed by atoms with Crippen LogP contribution in [0.15, 0.2) is 23.1 Å². The molecule has 0 bridgehead atoms. The predicted molar refractivity (Wildman–Crippen MR) is 83.1 cm³/mol. The van der Waals surface area contributed by atoms with Gasteiger partial charge in [0.05, 0.1) is 15.9 Å². The van der Waals surface area contributed by atoms with Gasteiger partial charge >= 0.3 is 5.76 Å². The van der Waals surface area contributed by atoms with Crippen molar-refractivity contribution in [3.63, 3.8) is 0 Å². The van der Waals surface area contributed by atoms with E-state index in [1.165, 1.54) is 6.07 Å². The van der Waals surface area contributed by atoms with E-state index < -0.39 is 31.1 Å². The molecule has 0 spiro atoms. The first kappa shape index (κ1) is 18.5. The molecule has 1 unspecified atom stereocenters. The van der Waals surface area contributed by atoms with Crippen molar-refractivity contribution in [1.29, 1.82) is 0 Å². The predicted octanol–water partition coefficient (Wildman–Crippen LogP) is 2.60. The van der Waals surface area contributed by atoms with E-state index in [9.17, 15) is 27.3 Å².